The van der Waals surface area contributed by atoms with Crippen LogP contribution in [0.15, 0.2) is 47.4 Å². The van der Waals surface area contributed by atoms with Crippen LogP contribution in [0.2, 0.25) is 0 Å². The van der Waals surface area contributed by atoms with Crippen LogP contribution in [-0.2, 0) is 33.0 Å². The van der Waals surface area contributed by atoms with Gasteiger partial charge < -0.3 is 0 Å². The van der Waals surface area contributed by atoms with Crippen LogP contribution in [0.5, 0.6) is 0 Å². The topological polar surface area (TPSA) is 83.6 Å². The van der Waals surface area contributed by atoms with Gasteiger partial charge in [0.15, 0.2) is 0 Å². The van der Waals surface area contributed by atoms with Gasteiger partial charge >= 0.3 is 0 Å². The van der Waals surface area contributed by atoms with E-state index in [4.69, 9.17) is 0 Å². The quantitative estimate of drug-likeness (QED) is 0.881. The molecule has 8 heteroatoms. The van der Waals surface area contributed by atoms with Gasteiger partial charge in [-0.2, -0.15) is 4.31 Å². The van der Waals surface area contributed by atoms with Crippen LogP contribution >= 0.6 is 0 Å². The van der Waals surface area contributed by atoms with Crippen LogP contribution in [0, 0.1) is 6.92 Å². The van der Waals surface area contributed by atoms with E-state index in [2.05, 4.69) is 4.72 Å². The minimum Gasteiger partial charge on any atom is -0.280 e. The lowest BCUT2D eigenvalue weighted by Gasteiger charge is -2.27. The average Bonchev–Trinajstić information content (AvgIpc) is 2.53. The highest BCUT2D eigenvalue weighted by atomic mass is 32.2. The first-order chi connectivity index (χ1) is 11.6. The van der Waals surface area contributed by atoms with Crippen molar-refractivity contribution in [2.24, 2.45) is 0 Å². The molecule has 0 unspecified atom stereocenters. The van der Waals surface area contributed by atoms with E-state index in [1.54, 1.807) is 30.3 Å². The predicted octanol–water partition coefficient (Wildman–Crippen LogP) is 2.11. The van der Waals surface area contributed by atoms with E-state index in [9.17, 15) is 16.8 Å². The van der Waals surface area contributed by atoms with Gasteiger partial charge in [-0.15, -0.1) is 0 Å². The van der Waals surface area contributed by atoms with Gasteiger partial charge in [-0.25, -0.2) is 16.8 Å². The van der Waals surface area contributed by atoms with Crippen molar-refractivity contribution in [2.45, 2.75) is 24.8 Å². The number of aryl methyl sites for hydroxylation is 1. The highest BCUT2D eigenvalue weighted by Crippen LogP contribution is 2.25. The van der Waals surface area contributed by atoms with Gasteiger partial charge in [-0.3, -0.25) is 4.72 Å². The number of hydrogen-bond donors (Lipinski definition) is 1. The van der Waals surface area contributed by atoms with E-state index in [1.165, 1.54) is 10.6 Å². The lowest BCUT2D eigenvalue weighted by molar-refractivity contribution is 0.395. The average molecular weight is 380 g/mol. The van der Waals surface area contributed by atoms with E-state index in [1.807, 2.05) is 19.1 Å². The Hall–Kier alpha value is -1.90. The fourth-order valence-electron chi connectivity index (χ4n) is 2.87. The van der Waals surface area contributed by atoms with Gasteiger partial charge in [0.1, 0.15) is 0 Å². The molecule has 0 fully saturated rings. The lowest BCUT2D eigenvalue weighted by Crippen LogP contribution is -2.35. The Kier molecular flexibility index (Phi) is 4.61. The summed E-state index contributed by atoms with van der Waals surface area (Å²) < 4.78 is 52.5. The third-order valence-electron chi connectivity index (χ3n) is 4.20. The number of rotatable bonds is 4. The van der Waals surface area contributed by atoms with Crippen LogP contribution in [0.1, 0.15) is 16.7 Å². The Bertz CT molecular complexity index is 1010. The molecule has 0 bridgehead atoms. The Labute approximate surface area is 148 Å². The lowest BCUT2D eigenvalue weighted by atomic mass is 10.0. The van der Waals surface area contributed by atoms with E-state index in [0.29, 0.717) is 18.7 Å². The molecule has 1 aliphatic rings. The van der Waals surface area contributed by atoms with E-state index in [0.717, 1.165) is 16.7 Å². The molecule has 2 aromatic carbocycles. The fourth-order valence-corrected chi connectivity index (χ4v) is 4.82. The molecule has 1 N–H and O–H groups in total. The normalized spacial score (nSPS) is 15.6. The van der Waals surface area contributed by atoms with Gasteiger partial charge in [0.25, 0.3) is 10.0 Å². The molecule has 1 heterocycles. The molecule has 0 saturated carbocycles. The summed E-state index contributed by atoms with van der Waals surface area (Å²) in [5.41, 5.74) is 3.15. The minimum atomic E-state index is -3.69. The second-order valence-corrected chi connectivity index (χ2v) is 9.92. The molecular weight excluding hydrogens is 360 g/mol. The summed E-state index contributed by atoms with van der Waals surface area (Å²) in [6.07, 6.45) is 1.80. The third-order valence-corrected chi connectivity index (χ3v) is 6.83. The summed E-state index contributed by atoms with van der Waals surface area (Å²) in [4.78, 5) is 0.197. The zero-order valence-corrected chi connectivity index (χ0v) is 15.7. The molecule has 1 aliphatic heterocycles. The van der Waals surface area contributed by atoms with Crippen molar-refractivity contribution in [3.05, 3.63) is 59.2 Å². The number of hydrogen-bond acceptors (Lipinski definition) is 4. The van der Waals surface area contributed by atoms with E-state index in [-0.39, 0.29) is 11.4 Å². The van der Waals surface area contributed by atoms with Crippen LogP contribution < -0.4 is 4.72 Å². The number of sulfonamides is 2. The molecule has 0 atom stereocenters. The van der Waals surface area contributed by atoms with Gasteiger partial charge in [-0.1, -0.05) is 18.2 Å². The highest BCUT2D eigenvalue weighted by molar-refractivity contribution is 7.92. The van der Waals surface area contributed by atoms with Gasteiger partial charge in [0.05, 0.1) is 11.2 Å². The largest absolute Gasteiger partial charge is 0.280 e. The van der Waals surface area contributed by atoms with Crippen molar-refractivity contribution in [3.63, 3.8) is 0 Å². The minimum absolute atomic E-state index is 0.197. The first-order valence-electron chi connectivity index (χ1n) is 7.81. The summed E-state index contributed by atoms with van der Waals surface area (Å²) in [7, 11) is -6.96. The van der Waals surface area contributed by atoms with E-state index < -0.39 is 20.0 Å². The predicted molar refractivity (Wildman–Crippen MR) is 97.4 cm³/mol. The summed E-state index contributed by atoms with van der Waals surface area (Å²) >= 11 is 0. The number of anilines is 1. The number of nitrogens with one attached hydrogen (secondary N) is 1. The molecular formula is C17H20N2O4S2. The summed E-state index contributed by atoms with van der Waals surface area (Å²) in [5.74, 6) is 0. The van der Waals surface area contributed by atoms with Crippen LogP contribution in [0.3, 0.4) is 0 Å². The number of benzene rings is 2. The maximum absolute atomic E-state index is 12.5. The molecule has 0 aliphatic carbocycles. The van der Waals surface area contributed by atoms with Crippen LogP contribution in [-0.4, -0.2) is 33.9 Å². The van der Waals surface area contributed by atoms with Crippen LogP contribution in [0.4, 0.5) is 5.69 Å². The van der Waals surface area contributed by atoms with Gasteiger partial charge in [0.2, 0.25) is 10.0 Å². The Balaban J connectivity index is 1.88. The molecule has 134 valence electrons. The Morgan fingerprint density at radius 1 is 1.00 bits per heavy atom. The fraction of sp³-hybridized carbons (Fsp3) is 0.294. The molecule has 2 aromatic rings. The Morgan fingerprint density at radius 3 is 2.44 bits per heavy atom. The summed E-state index contributed by atoms with van der Waals surface area (Å²) in [6.45, 7) is 2.53. The van der Waals surface area contributed by atoms with E-state index >= 15 is 0 Å². The second kappa shape index (κ2) is 6.44. The Morgan fingerprint density at radius 2 is 1.76 bits per heavy atom. The van der Waals surface area contributed by atoms with Crippen molar-refractivity contribution in [1.82, 2.24) is 4.31 Å². The van der Waals surface area contributed by atoms with Crippen LogP contribution in [0.25, 0.3) is 0 Å². The maximum atomic E-state index is 12.5. The molecule has 3 rings (SSSR count). The van der Waals surface area contributed by atoms with Crippen molar-refractivity contribution in [2.75, 3.05) is 17.5 Å². The molecule has 6 nitrogen and oxygen atoms in total. The molecule has 25 heavy (non-hydrogen) atoms. The number of nitrogens with zero attached hydrogens (tertiary/aromatic N) is 1. The second-order valence-electron chi connectivity index (χ2n) is 6.25. The summed E-state index contributed by atoms with van der Waals surface area (Å²) in [6, 6.07) is 11.9. The van der Waals surface area contributed by atoms with Gasteiger partial charge in [0, 0.05) is 18.8 Å². The van der Waals surface area contributed by atoms with Crippen molar-refractivity contribution in [1.29, 1.82) is 0 Å². The zero-order chi connectivity index (χ0) is 18.2. The zero-order valence-electron chi connectivity index (χ0n) is 14.1. The first-order valence-corrected chi connectivity index (χ1v) is 11.1. The first kappa shape index (κ1) is 17.9. The third kappa shape index (κ3) is 4.02. The monoisotopic (exact) mass is 380 g/mol. The number of fused-ring (bicyclic) bond motifs is 1. The highest BCUT2D eigenvalue weighted by Gasteiger charge is 2.24. The maximum Gasteiger partial charge on any atom is 0.261 e. The molecule has 0 aromatic heterocycles. The van der Waals surface area contributed by atoms with Gasteiger partial charge in [-0.05, 0) is 54.3 Å². The smallest absolute Gasteiger partial charge is 0.261 e. The standard InChI is InChI=1S/C17H20N2O4S2/c1-13-4-3-5-17(10-13)25(22,23)18-16-7-6-14-8-9-19(24(2,20)21)12-15(14)11-16/h3-7,10-11,18H,8-9,12H2,1-2H3. The molecule has 0 amide bonds. The van der Waals surface area contributed by atoms with Crippen molar-refractivity contribution < 1.29 is 16.8 Å². The van der Waals surface area contributed by atoms with Crippen molar-refractivity contribution >= 4 is 25.7 Å². The van der Waals surface area contributed by atoms with Crippen molar-refractivity contribution in [3.8, 4) is 0 Å². The molecule has 0 saturated heterocycles. The molecule has 0 radical (unpaired) electrons. The summed E-state index contributed by atoms with van der Waals surface area (Å²) in [5, 5.41) is 0. The SMILES string of the molecule is Cc1cccc(S(=O)(=O)Nc2ccc3c(c2)CN(S(C)(=O)=O)CC3)c1. The molecule has 0 spiro atoms.